The Morgan fingerprint density at radius 3 is 2.69 bits per heavy atom. The van der Waals surface area contributed by atoms with Gasteiger partial charge in [0.05, 0.1) is 16.6 Å². The topological polar surface area (TPSA) is 93.0 Å². The molecular formula is C23H24N6O2S. The van der Waals surface area contributed by atoms with Crippen LogP contribution in [0.1, 0.15) is 39.7 Å². The third kappa shape index (κ3) is 3.46. The van der Waals surface area contributed by atoms with E-state index in [0.717, 1.165) is 24.2 Å². The second kappa shape index (κ2) is 7.74. The van der Waals surface area contributed by atoms with Crippen LogP contribution in [0.3, 0.4) is 0 Å². The van der Waals surface area contributed by atoms with Gasteiger partial charge in [-0.1, -0.05) is 23.9 Å². The summed E-state index contributed by atoms with van der Waals surface area (Å²) in [5.74, 6) is 0.420. The molecule has 32 heavy (non-hydrogen) atoms. The standard InChI is InChI=1S/C23H24N6O2S/c1-14(20(30)29-18-9-5-4-8-17(18)25-21(31)23(29,2)3)32-22-27-26-19(28(22)16-10-11-16)15-7-6-12-24-13-15/h4-9,12-14,16H,10-11H2,1-3H3,(H,25,31)/t14-/m1/s1. The Morgan fingerprint density at radius 2 is 1.97 bits per heavy atom. The molecule has 5 rings (SSSR count). The zero-order chi connectivity index (χ0) is 22.5. The number of aromatic nitrogens is 4. The first kappa shape index (κ1) is 20.7. The molecule has 3 aromatic rings. The SMILES string of the molecule is C[C@@H](Sc1nnc(-c2cccnc2)n1C1CC1)C(=O)N1c2ccccc2NC(=O)C1(C)C. The molecular weight excluding hydrogens is 424 g/mol. The number of hydrogen-bond acceptors (Lipinski definition) is 6. The van der Waals surface area contributed by atoms with Gasteiger partial charge in [-0.3, -0.25) is 24.0 Å². The van der Waals surface area contributed by atoms with E-state index in [1.807, 2.05) is 43.3 Å². The second-order valence-electron chi connectivity index (χ2n) is 8.61. The Morgan fingerprint density at radius 1 is 1.19 bits per heavy atom. The van der Waals surface area contributed by atoms with E-state index in [1.165, 1.54) is 11.8 Å². The van der Waals surface area contributed by atoms with E-state index in [1.54, 1.807) is 31.1 Å². The summed E-state index contributed by atoms with van der Waals surface area (Å²) in [6.45, 7) is 5.38. The minimum Gasteiger partial charge on any atom is -0.322 e. The van der Waals surface area contributed by atoms with Crippen LogP contribution in [0.4, 0.5) is 11.4 Å². The van der Waals surface area contributed by atoms with Crippen LogP contribution in [0, 0.1) is 0 Å². The maximum atomic E-state index is 13.7. The van der Waals surface area contributed by atoms with Crippen molar-refractivity contribution in [3.8, 4) is 11.4 Å². The first-order valence-electron chi connectivity index (χ1n) is 10.6. The Balaban J connectivity index is 1.46. The van der Waals surface area contributed by atoms with Crippen LogP contribution in [0.2, 0.25) is 0 Å². The van der Waals surface area contributed by atoms with Gasteiger partial charge in [-0.15, -0.1) is 10.2 Å². The van der Waals surface area contributed by atoms with Crippen molar-refractivity contribution in [1.29, 1.82) is 0 Å². The summed E-state index contributed by atoms with van der Waals surface area (Å²) in [5, 5.41) is 12.0. The van der Waals surface area contributed by atoms with E-state index in [2.05, 4.69) is 25.1 Å². The minimum atomic E-state index is -1.01. The molecule has 1 aliphatic heterocycles. The van der Waals surface area contributed by atoms with E-state index < -0.39 is 10.8 Å². The van der Waals surface area contributed by atoms with E-state index in [0.29, 0.717) is 22.6 Å². The van der Waals surface area contributed by atoms with Gasteiger partial charge in [0.15, 0.2) is 11.0 Å². The Kier molecular flexibility index (Phi) is 5.00. The van der Waals surface area contributed by atoms with E-state index in [4.69, 9.17) is 0 Å². The third-order valence-electron chi connectivity index (χ3n) is 5.85. The molecule has 3 heterocycles. The van der Waals surface area contributed by atoms with E-state index in [-0.39, 0.29) is 11.8 Å². The Hall–Kier alpha value is -3.20. The molecule has 164 valence electrons. The molecule has 2 amide bonds. The number of thioether (sulfide) groups is 1. The number of nitrogens with zero attached hydrogens (tertiary/aromatic N) is 5. The first-order chi connectivity index (χ1) is 15.4. The number of benzene rings is 1. The van der Waals surface area contributed by atoms with Crippen molar-refractivity contribution in [1.82, 2.24) is 19.7 Å². The molecule has 1 saturated carbocycles. The van der Waals surface area contributed by atoms with Crippen molar-refractivity contribution in [3.63, 3.8) is 0 Å². The van der Waals surface area contributed by atoms with Crippen LogP contribution in [0.15, 0.2) is 53.9 Å². The molecule has 8 nitrogen and oxygen atoms in total. The smallest absolute Gasteiger partial charge is 0.250 e. The lowest BCUT2D eigenvalue weighted by molar-refractivity contribution is -0.126. The summed E-state index contributed by atoms with van der Waals surface area (Å²) in [7, 11) is 0. The summed E-state index contributed by atoms with van der Waals surface area (Å²) in [6, 6.07) is 11.6. The van der Waals surface area contributed by atoms with Gasteiger partial charge in [-0.2, -0.15) is 0 Å². The minimum absolute atomic E-state index is 0.143. The van der Waals surface area contributed by atoms with Gasteiger partial charge in [-0.25, -0.2) is 0 Å². The fourth-order valence-corrected chi connectivity index (χ4v) is 4.91. The van der Waals surface area contributed by atoms with Crippen LogP contribution in [0.25, 0.3) is 11.4 Å². The molecule has 0 unspecified atom stereocenters. The van der Waals surface area contributed by atoms with Crippen LogP contribution >= 0.6 is 11.8 Å². The van der Waals surface area contributed by atoms with Gasteiger partial charge >= 0.3 is 0 Å². The Bertz CT molecular complexity index is 1190. The fraction of sp³-hybridized carbons (Fsp3) is 0.348. The number of para-hydroxylation sites is 2. The molecule has 1 fully saturated rings. The van der Waals surface area contributed by atoms with Gasteiger partial charge < -0.3 is 5.32 Å². The molecule has 0 bridgehead atoms. The van der Waals surface area contributed by atoms with Gasteiger partial charge in [0.1, 0.15) is 5.54 Å². The summed E-state index contributed by atoms with van der Waals surface area (Å²) in [6.07, 6.45) is 5.63. The van der Waals surface area contributed by atoms with Gasteiger partial charge in [-0.05, 0) is 57.9 Å². The molecule has 1 atom stereocenters. The number of amides is 2. The van der Waals surface area contributed by atoms with Gasteiger partial charge in [0.2, 0.25) is 11.8 Å². The number of hydrogen-bond donors (Lipinski definition) is 1. The highest BCUT2D eigenvalue weighted by Gasteiger charge is 2.45. The number of carbonyl (C=O) groups excluding carboxylic acids is 2. The number of nitrogens with one attached hydrogen (secondary N) is 1. The van der Waals surface area contributed by atoms with E-state index in [9.17, 15) is 9.59 Å². The predicted octanol–water partition coefficient (Wildman–Crippen LogP) is 3.92. The quantitative estimate of drug-likeness (QED) is 0.595. The summed E-state index contributed by atoms with van der Waals surface area (Å²) in [4.78, 5) is 32.2. The highest BCUT2D eigenvalue weighted by Crippen LogP contribution is 2.43. The number of carbonyl (C=O) groups is 2. The van der Waals surface area contributed by atoms with Crippen molar-refractivity contribution < 1.29 is 9.59 Å². The summed E-state index contributed by atoms with van der Waals surface area (Å²) < 4.78 is 2.12. The van der Waals surface area contributed by atoms with E-state index >= 15 is 0 Å². The zero-order valence-corrected chi connectivity index (χ0v) is 19.0. The van der Waals surface area contributed by atoms with Crippen molar-refractivity contribution in [3.05, 3.63) is 48.8 Å². The zero-order valence-electron chi connectivity index (χ0n) is 18.1. The normalized spacial score (nSPS) is 18.1. The van der Waals surface area contributed by atoms with Crippen molar-refractivity contribution in [2.24, 2.45) is 0 Å². The van der Waals surface area contributed by atoms with Crippen LogP contribution in [-0.4, -0.2) is 42.4 Å². The number of pyridine rings is 1. The van der Waals surface area contributed by atoms with Gasteiger partial charge in [0, 0.05) is 24.0 Å². The largest absolute Gasteiger partial charge is 0.322 e. The lowest BCUT2D eigenvalue weighted by atomic mass is 9.96. The molecule has 0 saturated heterocycles. The second-order valence-corrected chi connectivity index (χ2v) is 9.92. The molecule has 0 spiro atoms. The van der Waals surface area contributed by atoms with Gasteiger partial charge in [0.25, 0.3) is 0 Å². The molecule has 1 N–H and O–H groups in total. The number of anilines is 2. The molecule has 1 aromatic carbocycles. The first-order valence-corrected chi connectivity index (χ1v) is 11.5. The average Bonchev–Trinajstić information content (AvgIpc) is 3.54. The van der Waals surface area contributed by atoms with Crippen molar-refractivity contribution in [2.75, 3.05) is 10.2 Å². The number of fused-ring (bicyclic) bond motifs is 1. The van der Waals surface area contributed by atoms with Crippen LogP contribution in [0.5, 0.6) is 0 Å². The van der Waals surface area contributed by atoms with Crippen molar-refractivity contribution in [2.45, 2.75) is 55.6 Å². The van der Waals surface area contributed by atoms with Crippen LogP contribution < -0.4 is 10.2 Å². The van der Waals surface area contributed by atoms with Crippen LogP contribution in [-0.2, 0) is 9.59 Å². The summed E-state index contributed by atoms with van der Waals surface area (Å²) in [5.41, 5.74) is 1.24. The lowest BCUT2D eigenvalue weighted by Crippen LogP contribution is -2.60. The maximum absolute atomic E-state index is 13.7. The highest BCUT2D eigenvalue weighted by molar-refractivity contribution is 8.00. The summed E-state index contributed by atoms with van der Waals surface area (Å²) >= 11 is 1.38. The molecule has 2 aliphatic rings. The Labute approximate surface area is 190 Å². The fourth-order valence-electron chi connectivity index (χ4n) is 3.95. The third-order valence-corrected chi connectivity index (χ3v) is 6.90. The number of rotatable bonds is 5. The van der Waals surface area contributed by atoms with Crippen molar-refractivity contribution >= 4 is 35.0 Å². The molecule has 0 radical (unpaired) electrons. The highest BCUT2D eigenvalue weighted by atomic mass is 32.2. The monoisotopic (exact) mass is 448 g/mol. The average molecular weight is 449 g/mol. The molecule has 9 heteroatoms. The molecule has 1 aliphatic carbocycles. The predicted molar refractivity (Wildman–Crippen MR) is 123 cm³/mol. The lowest BCUT2D eigenvalue weighted by Gasteiger charge is -2.43. The molecule has 2 aromatic heterocycles. The maximum Gasteiger partial charge on any atom is 0.250 e.